The van der Waals surface area contributed by atoms with Crippen LogP contribution >= 0.6 is 11.8 Å². The number of ether oxygens (including phenoxy) is 1. The predicted octanol–water partition coefficient (Wildman–Crippen LogP) is 3.15. The van der Waals surface area contributed by atoms with E-state index >= 15 is 0 Å². The highest BCUT2D eigenvalue weighted by Gasteiger charge is 1.99. The third kappa shape index (κ3) is 7.15. The monoisotopic (exact) mass is 277 g/mol. The Balaban J connectivity index is 2.23. The highest BCUT2D eigenvalue weighted by atomic mass is 32.2. The zero-order valence-electron chi connectivity index (χ0n) is 11.8. The van der Waals surface area contributed by atoms with E-state index < -0.39 is 0 Å². The summed E-state index contributed by atoms with van der Waals surface area (Å²) < 4.78 is 5.69. The quantitative estimate of drug-likeness (QED) is 0.614. The first kappa shape index (κ1) is 15.9. The first-order valence-electron chi connectivity index (χ1n) is 6.75. The first-order valence-corrected chi connectivity index (χ1v) is 7.91. The van der Waals surface area contributed by atoms with E-state index in [1.165, 1.54) is 12.2 Å². The molecule has 3 heteroatoms. The van der Waals surface area contributed by atoms with Crippen LogP contribution in [0, 0.1) is 17.8 Å². The molecule has 0 aliphatic carbocycles. The van der Waals surface area contributed by atoms with E-state index in [2.05, 4.69) is 25.7 Å². The Labute approximate surface area is 121 Å². The van der Waals surface area contributed by atoms with E-state index in [0.29, 0.717) is 6.54 Å². The lowest BCUT2D eigenvalue weighted by Gasteiger charge is -2.09. The molecular formula is C16H23NOS. The molecule has 0 bridgehead atoms. The molecule has 2 nitrogen and oxygen atoms in total. The van der Waals surface area contributed by atoms with Crippen LogP contribution in [0.5, 0.6) is 5.75 Å². The fraction of sp³-hybridized carbons (Fsp3) is 0.500. The van der Waals surface area contributed by atoms with Crippen molar-refractivity contribution in [2.75, 3.05) is 24.7 Å². The summed E-state index contributed by atoms with van der Waals surface area (Å²) in [5, 5.41) is 0. The maximum atomic E-state index is 5.69. The molecule has 0 spiro atoms. The van der Waals surface area contributed by atoms with E-state index in [4.69, 9.17) is 10.5 Å². The van der Waals surface area contributed by atoms with Gasteiger partial charge in [-0.25, -0.2) is 0 Å². The standard InChI is InChI=1S/C16H23NOS/c1-3-14(2)13-19-12-11-18-16-8-6-15(7-9-16)5-4-10-17/h6-9,14H,3,10-13,17H2,1-2H3. The third-order valence-corrected chi connectivity index (χ3v) is 4.04. The summed E-state index contributed by atoms with van der Waals surface area (Å²) in [5.74, 6) is 9.78. The molecule has 0 amide bonds. The number of hydrogen-bond donors (Lipinski definition) is 1. The highest BCUT2D eigenvalue weighted by Crippen LogP contribution is 2.14. The maximum absolute atomic E-state index is 5.69. The molecule has 0 heterocycles. The molecule has 0 aliphatic heterocycles. The lowest BCUT2D eigenvalue weighted by Crippen LogP contribution is -2.03. The predicted molar refractivity (Wildman–Crippen MR) is 84.6 cm³/mol. The number of hydrogen-bond acceptors (Lipinski definition) is 3. The van der Waals surface area contributed by atoms with Gasteiger partial charge in [0.25, 0.3) is 0 Å². The Kier molecular flexibility index (Phi) is 8.20. The lowest BCUT2D eigenvalue weighted by molar-refractivity contribution is 0.344. The van der Waals surface area contributed by atoms with Crippen LogP contribution < -0.4 is 10.5 Å². The second kappa shape index (κ2) is 9.77. The third-order valence-electron chi connectivity index (χ3n) is 2.78. The molecule has 0 radical (unpaired) electrons. The molecule has 0 aliphatic rings. The molecule has 1 aromatic rings. The SMILES string of the molecule is CCC(C)CSCCOc1ccc(C#CCN)cc1. The minimum atomic E-state index is 0.395. The van der Waals surface area contributed by atoms with Crippen molar-refractivity contribution in [3.05, 3.63) is 29.8 Å². The molecule has 104 valence electrons. The molecule has 0 fully saturated rings. The van der Waals surface area contributed by atoms with E-state index in [0.717, 1.165) is 29.6 Å². The van der Waals surface area contributed by atoms with Crippen LogP contribution in [0.4, 0.5) is 0 Å². The van der Waals surface area contributed by atoms with Gasteiger partial charge in [-0.2, -0.15) is 11.8 Å². The van der Waals surface area contributed by atoms with Crippen molar-refractivity contribution in [3.63, 3.8) is 0 Å². The Morgan fingerprint density at radius 1 is 1.32 bits per heavy atom. The van der Waals surface area contributed by atoms with Crippen molar-refractivity contribution in [2.24, 2.45) is 11.7 Å². The fourth-order valence-electron chi connectivity index (χ4n) is 1.41. The summed E-state index contributed by atoms with van der Waals surface area (Å²) in [6.45, 7) is 5.67. The zero-order chi connectivity index (χ0) is 13.9. The normalized spacial score (nSPS) is 11.5. The molecule has 19 heavy (non-hydrogen) atoms. The Morgan fingerprint density at radius 3 is 2.68 bits per heavy atom. The molecule has 1 atom stereocenters. The van der Waals surface area contributed by atoms with Crippen molar-refractivity contribution in [1.82, 2.24) is 0 Å². The second-order valence-electron chi connectivity index (χ2n) is 4.47. The molecule has 0 saturated carbocycles. The van der Waals surface area contributed by atoms with Crippen molar-refractivity contribution in [2.45, 2.75) is 20.3 Å². The Hall–Kier alpha value is -1.11. The first-order chi connectivity index (χ1) is 9.26. The van der Waals surface area contributed by atoms with Gasteiger partial charge in [-0.15, -0.1) is 0 Å². The summed E-state index contributed by atoms with van der Waals surface area (Å²) in [6.07, 6.45) is 1.25. The number of benzene rings is 1. The van der Waals surface area contributed by atoms with Crippen LogP contribution in [0.25, 0.3) is 0 Å². The number of nitrogens with two attached hydrogens (primary N) is 1. The molecule has 0 aromatic heterocycles. The Morgan fingerprint density at radius 2 is 2.05 bits per heavy atom. The van der Waals surface area contributed by atoms with Crippen molar-refractivity contribution >= 4 is 11.8 Å². The lowest BCUT2D eigenvalue weighted by atomic mass is 10.2. The molecule has 0 saturated heterocycles. The van der Waals surface area contributed by atoms with Crippen LogP contribution in [-0.4, -0.2) is 24.7 Å². The molecule has 1 aromatic carbocycles. The highest BCUT2D eigenvalue weighted by molar-refractivity contribution is 7.99. The van der Waals surface area contributed by atoms with Gasteiger partial charge in [-0.1, -0.05) is 32.1 Å². The molecular weight excluding hydrogens is 254 g/mol. The van der Waals surface area contributed by atoms with Crippen molar-refractivity contribution in [1.29, 1.82) is 0 Å². The van der Waals surface area contributed by atoms with Crippen molar-refractivity contribution < 1.29 is 4.74 Å². The maximum Gasteiger partial charge on any atom is 0.119 e. The largest absolute Gasteiger partial charge is 0.493 e. The molecule has 2 N–H and O–H groups in total. The smallest absolute Gasteiger partial charge is 0.119 e. The second-order valence-corrected chi connectivity index (χ2v) is 5.62. The van der Waals surface area contributed by atoms with Gasteiger partial charge in [0.2, 0.25) is 0 Å². The van der Waals surface area contributed by atoms with Crippen LogP contribution in [0.2, 0.25) is 0 Å². The van der Waals surface area contributed by atoms with Crippen LogP contribution in [0.1, 0.15) is 25.8 Å². The summed E-state index contributed by atoms with van der Waals surface area (Å²) in [5.41, 5.74) is 6.31. The zero-order valence-corrected chi connectivity index (χ0v) is 12.6. The molecule has 1 unspecified atom stereocenters. The van der Waals surface area contributed by atoms with E-state index in [1.807, 2.05) is 36.0 Å². The number of rotatable bonds is 7. The van der Waals surface area contributed by atoms with Gasteiger partial charge in [-0.05, 0) is 35.9 Å². The summed E-state index contributed by atoms with van der Waals surface area (Å²) in [6, 6.07) is 7.84. The fourth-order valence-corrected chi connectivity index (χ4v) is 2.41. The van der Waals surface area contributed by atoms with Crippen molar-refractivity contribution in [3.8, 4) is 17.6 Å². The summed E-state index contributed by atoms with van der Waals surface area (Å²) in [7, 11) is 0. The van der Waals surface area contributed by atoms with Gasteiger partial charge < -0.3 is 10.5 Å². The van der Waals surface area contributed by atoms with Gasteiger partial charge in [0, 0.05) is 11.3 Å². The van der Waals surface area contributed by atoms with Gasteiger partial charge in [-0.3, -0.25) is 0 Å². The van der Waals surface area contributed by atoms with Gasteiger partial charge in [0.1, 0.15) is 5.75 Å². The van der Waals surface area contributed by atoms with Gasteiger partial charge in [0.05, 0.1) is 13.2 Å². The summed E-state index contributed by atoms with van der Waals surface area (Å²) in [4.78, 5) is 0. The average Bonchev–Trinajstić information content (AvgIpc) is 2.45. The van der Waals surface area contributed by atoms with Crippen LogP contribution in [0.3, 0.4) is 0 Å². The average molecular weight is 277 g/mol. The van der Waals surface area contributed by atoms with E-state index in [9.17, 15) is 0 Å². The van der Waals surface area contributed by atoms with Gasteiger partial charge >= 0.3 is 0 Å². The van der Waals surface area contributed by atoms with Crippen LogP contribution in [0.15, 0.2) is 24.3 Å². The minimum absolute atomic E-state index is 0.395. The molecule has 1 rings (SSSR count). The Bertz CT molecular complexity index is 405. The van der Waals surface area contributed by atoms with E-state index in [-0.39, 0.29) is 0 Å². The van der Waals surface area contributed by atoms with Crippen LogP contribution in [-0.2, 0) is 0 Å². The van der Waals surface area contributed by atoms with E-state index in [1.54, 1.807) is 0 Å². The topological polar surface area (TPSA) is 35.2 Å². The van der Waals surface area contributed by atoms with Gasteiger partial charge in [0.15, 0.2) is 0 Å². The minimum Gasteiger partial charge on any atom is -0.493 e. The number of thioether (sulfide) groups is 1. The summed E-state index contributed by atoms with van der Waals surface area (Å²) >= 11 is 1.96.